The summed E-state index contributed by atoms with van der Waals surface area (Å²) in [4.78, 5) is 14.5. The quantitative estimate of drug-likeness (QED) is 0.142. The SMILES string of the molecule is CC(C)(C)OC(=O)COc1ccc([S+](c2ccccc2)c2ccccc2)cc1.O=S(=O)([O-])c1ccc(F)cc1F. The van der Waals surface area contributed by atoms with Crippen molar-refractivity contribution >= 4 is 27.0 Å². The molecule has 0 atom stereocenters. The van der Waals surface area contributed by atoms with Crippen LogP contribution in [0.5, 0.6) is 5.75 Å². The first kappa shape index (κ1) is 30.8. The summed E-state index contributed by atoms with van der Waals surface area (Å²) < 4.78 is 66.3. The van der Waals surface area contributed by atoms with E-state index in [1.165, 1.54) is 14.7 Å². The molecule has 0 fully saturated rings. The number of ether oxygens (including phenoxy) is 2. The lowest BCUT2D eigenvalue weighted by Crippen LogP contribution is -2.27. The Kier molecular flexibility index (Phi) is 10.4. The van der Waals surface area contributed by atoms with Crippen molar-refractivity contribution in [2.24, 2.45) is 0 Å². The predicted octanol–water partition coefficient (Wildman–Crippen LogP) is 6.37. The average Bonchev–Trinajstić information content (AvgIpc) is 2.88. The Labute approximate surface area is 235 Å². The van der Waals surface area contributed by atoms with Gasteiger partial charge in [0.15, 0.2) is 21.3 Å². The molecule has 10 heteroatoms. The van der Waals surface area contributed by atoms with Crippen LogP contribution >= 0.6 is 0 Å². The van der Waals surface area contributed by atoms with E-state index in [1.54, 1.807) is 0 Å². The molecule has 0 bridgehead atoms. The van der Waals surface area contributed by atoms with Crippen molar-refractivity contribution in [1.29, 1.82) is 0 Å². The number of rotatable bonds is 7. The zero-order valence-electron chi connectivity index (χ0n) is 22.0. The largest absolute Gasteiger partial charge is 0.744 e. The first-order chi connectivity index (χ1) is 18.8. The molecule has 0 saturated carbocycles. The van der Waals surface area contributed by atoms with Crippen LogP contribution < -0.4 is 4.74 Å². The highest BCUT2D eigenvalue weighted by molar-refractivity contribution is 7.97. The van der Waals surface area contributed by atoms with E-state index in [2.05, 4.69) is 60.7 Å². The van der Waals surface area contributed by atoms with Crippen molar-refractivity contribution in [3.63, 3.8) is 0 Å². The van der Waals surface area contributed by atoms with E-state index >= 15 is 0 Å². The molecule has 0 N–H and O–H groups in total. The molecule has 0 radical (unpaired) electrons. The molecule has 6 nitrogen and oxygen atoms in total. The second kappa shape index (κ2) is 13.6. The summed E-state index contributed by atoms with van der Waals surface area (Å²) >= 11 is 0. The molecule has 0 heterocycles. The molecule has 0 aliphatic carbocycles. The van der Waals surface area contributed by atoms with Gasteiger partial charge in [-0.1, -0.05) is 36.4 Å². The van der Waals surface area contributed by atoms with Gasteiger partial charge in [0.1, 0.15) is 33.1 Å². The summed E-state index contributed by atoms with van der Waals surface area (Å²) in [7, 11) is -5.04. The summed E-state index contributed by atoms with van der Waals surface area (Å²) in [5, 5.41) is 0. The summed E-state index contributed by atoms with van der Waals surface area (Å²) in [6, 6.07) is 30.5. The standard InChI is InChI=1S/C24H25O3S.C6H4F2O3S/c1-24(2,3)27-23(25)18-26-19-14-16-22(17-15-19)28(20-10-6-4-7-11-20)21-12-8-5-9-13-21;7-4-1-2-6(5(8)3-4)12(9,10)11/h4-17H,18H2,1-3H3;1-3H,(H,9,10,11)/q+1;/p-1. The van der Waals surface area contributed by atoms with Crippen molar-refractivity contribution in [2.75, 3.05) is 6.61 Å². The molecule has 0 aliphatic rings. The van der Waals surface area contributed by atoms with Crippen LogP contribution in [0.1, 0.15) is 20.8 Å². The Bertz CT molecular complexity index is 1470. The monoisotopic (exact) mass is 586 g/mol. The lowest BCUT2D eigenvalue weighted by atomic mass is 10.2. The van der Waals surface area contributed by atoms with Crippen molar-refractivity contribution in [2.45, 2.75) is 46.0 Å². The molecular formula is C30H28F2O6S2. The van der Waals surface area contributed by atoms with Crippen molar-refractivity contribution in [3.05, 3.63) is 115 Å². The molecule has 0 amide bonds. The fourth-order valence-corrected chi connectivity index (χ4v) is 6.00. The third-order valence-electron chi connectivity index (χ3n) is 4.96. The number of hydrogen-bond donors (Lipinski definition) is 0. The van der Waals surface area contributed by atoms with Crippen LogP contribution in [-0.2, 0) is 30.5 Å². The Morgan fingerprint density at radius 1 is 0.800 bits per heavy atom. The van der Waals surface area contributed by atoms with Crippen LogP contribution in [0.15, 0.2) is 123 Å². The normalized spacial score (nSPS) is 11.4. The van der Waals surface area contributed by atoms with E-state index < -0.39 is 32.2 Å². The summed E-state index contributed by atoms with van der Waals surface area (Å²) in [6.45, 7) is 5.43. The molecule has 0 spiro atoms. The van der Waals surface area contributed by atoms with Crippen LogP contribution in [-0.4, -0.2) is 31.1 Å². The molecule has 0 aliphatic heterocycles. The van der Waals surface area contributed by atoms with Crippen LogP contribution in [0, 0.1) is 11.6 Å². The number of carbonyl (C=O) groups excluding carboxylic acids is 1. The van der Waals surface area contributed by atoms with Gasteiger partial charge in [-0.05, 0) is 81.4 Å². The van der Waals surface area contributed by atoms with Crippen LogP contribution in [0.25, 0.3) is 0 Å². The first-order valence-electron chi connectivity index (χ1n) is 12.0. The van der Waals surface area contributed by atoms with Crippen LogP contribution in [0.2, 0.25) is 0 Å². The zero-order chi connectivity index (χ0) is 29.3. The van der Waals surface area contributed by atoms with E-state index in [1.807, 2.05) is 45.0 Å². The highest BCUT2D eigenvalue weighted by Crippen LogP contribution is 2.31. The highest BCUT2D eigenvalue weighted by Gasteiger charge is 2.28. The molecular weight excluding hydrogens is 558 g/mol. The number of benzene rings is 4. The topological polar surface area (TPSA) is 92.7 Å². The lowest BCUT2D eigenvalue weighted by Gasteiger charge is -2.19. The number of esters is 1. The predicted molar refractivity (Wildman–Crippen MR) is 147 cm³/mol. The van der Waals surface area contributed by atoms with Crippen molar-refractivity contribution < 1.29 is 36.0 Å². The lowest BCUT2D eigenvalue weighted by molar-refractivity contribution is -0.157. The van der Waals surface area contributed by atoms with E-state index in [-0.39, 0.29) is 23.5 Å². The van der Waals surface area contributed by atoms with Gasteiger partial charge in [-0.2, -0.15) is 0 Å². The van der Waals surface area contributed by atoms with E-state index in [9.17, 15) is 26.5 Å². The number of carbonyl (C=O) groups is 1. The molecule has 0 saturated heterocycles. The second-order valence-electron chi connectivity index (χ2n) is 9.31. The summed E-state index contributed by atoms with van der Waals surface area (Å²) in [5.41, 5.74) is -0.510. The fourth-order valence-electron chi connectivity index (χ4n) is 3.38. The van der Waals surface area contributed by atoms with Gasteiger partial charge in [0.2, 0.25) is 0 Å². The van der Waals surface area contributed by atoms with Gasteiger partial charge in [0, 0.05) is 6.07 Å². The van der Waals surface area contributed by atoms with Gasteiger partial charge in [-0.3, -0.25) is 0 Å². The Morgan fingerprint density at radius 3 is 1.75 bits per heavy atom. The molecule has 40 heavy (non-hydrogen) atoms. The van der Waals surface area contributed by atoms with Gasteiger partial charge in [0.25, 0.3) is 0 Å². The third-order valence-corrected chi connectivity index (χ3v) is 8.06. The minimum absolute atomic E-state index is 0.0975. The Hall–Kier alpha value is -3.73. The van der Waals surface area contributed by atoms with Gasteiger partial charge in [-0.15, -0.1) is 0 Å². The van der Waals surface area contributed by atoms with E-state index in [0.29, 0.717) is 23.9 Å². The van der Waals surface area contributed by atoms with Crippen LogP contribution in [0.4, 0.5) is 8.78 Å². The Balaban J connectivity index is 0.000000307. The maximum Gasteiger partial charge on any atom is 0.344 e. The maximum atomic E-state index is 12.5. The van der Waals surface area contributed by atoms with E-state index in [0.717, 1.165) is 0 Å². The van der Waals surface area contributed by atoms with E-state index in [4.69, 9.17) is 9.47 Å². The van der Waals surface area contributed by atoms with Crippen LogP contribution in [0.3, 0.4) is 0 Å². The zero-order valence-corrected chi connectivity index (χ0v) is 23.7. The first-order valence-corrected chi connectivity index (χ1v) is 14.7. The highest BCUT2D eigenvalue weighted by atomic mass is 32.2. The molecule has 4 aromatic carbocycles. The van der Waals surface area contributed by atoms with Gasteiger partial charge < -0.3 is 14.0 Å². The van der Waals surface area contributed by atoms with Gasteiger partial charge in [-0.25, -0.2) is 22.0 Å². The minimum atomic E-state index is -4.84. The maximum absolute atomic E-state index is 12.5. The molecule has 210 valence electrons. The average molecular weight is 587 g/mol. The number of hydrogen-bond acceptors (Lipinski definition) is 6. The summed E-state index contributed by atoms with van der Waals surface area (Å²) in [6.07, 6.45) is 0. The minimum Gasteiger partial charge on any atom is -0.744 e. The smallest absolute Gasteiger partial charge is 0.344 e. The fraction of sp³-hybridized carbons (Fsp3) is 0.167. The molecule has 0 aromatic heterocycles. The summed E-state index contributed by atoms with van der Waals surface area (Å²) in [5.74, 6) is -2.02. The van der Waals surface area contributed by atoms with Crippen molar-refractivity contribution in [3.8, 4) is 5.75 Å². The molecule has 0 unspecified atom stereocenters. The van der Waals surface area contributed by atoms with Crippen molar-refractivity contribution in [1.82, 2.24) is 0 Å². The van der Waals surface area contributed by atoms with Gasteiger partial charge >= 0.3 is 5.97 Å². The number of halogens is 2. The third kappa shape index (κ3) is 9.48. The van der Waals surface area contributed by atoms with Gasteiger partial charge in [0.05, 0.1) is 15.8 Å². The molecule has 4 aromatic rings. The molecule has 4 rings (SSSR count). The Morgan fingerprint density at radius 2 is 1.30 bits per heavy atom. The second-order valence-corrected chi connectivity index (χ2v) is 12.7.